The molecule has 0 spiro atoms. The fourth-order valence-corrected chi connectivity index (χ4v) is 2.61. The SMILES string of the molecule is O=C(O)C1CCc2nc(C3CCCCO3)nn2C1. The largest absolute Gasteiger partial charge is 0.481 e. The van der Waals surface area contributed by atoms with Crippen molar-refractivity contribution < 1.29 is 14.6 Å². The summed E-state index contributed by atoms with van der Waals surface area (Å²) >= 11 is 0. The van der Waals surface area contributed by atoms with E-state index < -0.39 is 5.97 Å². The summed E-state index contributed by atoms with van der Waals surface area (Å²) in [5, 5.41) is 13.5. The maximum atomic E-state index is 11.0. The summed E-state index contributed by atoms with van der Waals surface area (Å²) in [5.74, 6) is 0.554. The van der Waals surface area contributed by atoms with Gasteiger partial charge in [0.1, 0.15) is 11.9 Å². The molecule has 1 saturated heterocycles. The van der Waals surface area contributed by atoms with E-state index in [1.54, 1.807) is 4.68 Å². The standard InChI is InChI=1S/C12H17N3O3/c16-12(17)8-4-5-10-13-11(14-15(10)7-8)9-3-1-2-6-18-9/h8-9H,1-7H2,(H,16,17). The van der Waals surface area contributed by atoms with Crippen molar-refractivity contribution in [3.63, 3.8) is 0 Å². The zero-order valence-corrected chi connectivity index (χ0v) is 10.2. The molecule has 0 aromatic carbocycles. The molecule has 0 bridgehead atoms. The zero-order valence-electron chi connectivity index (χ0n) is 10.2. The number of aromatic nitrogens is 3. The van der Waals surface area contributed by atoms with Gasteiger partial charge in [-0.3, -0.25) is 4.79 Å². The number of carboxylic acids is 1. The first-order chi connectivity index (χ1) is 8.74. The van der Waals surface area contributed by atoms with Crippen molar-refractivity contribution in [2.75, 3.05) is 6.61 Å². The lowest BCUT2D eigenvalue weighted by molar-refractivity contribution is -0.142. The van der Waals surface area contributed by atoms with Gasteiger partial charge in [-0.15, -0.1) is 0 Å². The Balaban J connectivity index is 1.78. The number of aliphatic carboxylic acids is 1. The molecular weight excluding hydrogens is 234 g/mol. The van der Waals surface area contributed by atoms with Crippen LogP contribution in [0.3, 0.4) is 0 Å². The van der Waals surface area contributed by atoms with Crippen LogP contribution in [0.5, 0.6) is 0 Å². The number of hydrogen-bond acceptors (Lipinski definition) is 4. The van der Waals surface area contributed by atoms with E-state index in [1.165, 1.54) is 0 Å². The lowest BCUT2D eigenvalue weighted by Crippen LogP contribution is -2.27. The van der Waals surface area contributed by atoms with Crippen molar-refractivity contribution in [2.24, 2.45) is 5.92 Å². The topological polar surface area (TPSA) is 77.2 Å². The van der Waals surface area contributed by atoms with Crippen molar-refractivity contribution in [3.05, 3.63) is 11.6 Å². The highest BCUT2D eigenvalue weighted by molar-refractivity contribution is 5.70. The Morgan fingerprint density at radius 1 is 1.39 bits per heavy atom. The van der Waals surface area contributed by atoms with Crippen LogP contribution in [0, 0.1) is 5.92 Å². The van der Waals surface area contributed by atoms with Crippen LogP contribution in [0.25, 0.3) is 0 Å². The average Bonchev–Trinajstić information content (AvgIpc) is 2.82. The molecule has 98 valence electrons. The monoisotopic (exact) mass is 251 g/mol. The molecule has 3 rings (SSSR count). The smallest absolute Gasteiger partial charge is 0.308 e. The third kappa shape index (κ3) is 2.12. The minimum absolute atomic E-state index is 0.000119. The predicted octanol–water partition coefficient (Wildman–Crippen LogP) is 1.17. The number of nitrogens with zero attached hydrogens (tertiary/aromatic N) is 3. The van der Waals surface area contributed by atoms with Crippen LogP contribution in [0.4, 0.5) is 0 Å². The van der Waals surface area contributed by atoms with E-state index in [4.69, 9.17) is 9.84 Å². The summed E-state index contributed by atoms with van der Waals surface area (Å²) in [6, 6.07) is 0. The van der Waals surface area contributed by atoms with E-state index in [-0.39, 0.29) is 12.0 Å². The maximum Gasteiger partial charge on any atom is 0.308 e. The molecule has 6 nitrogen and oxygen atoms in total. The van der Waals surface area contributed by atoms with Crippen LogP contribution in [0.2, 0.25) is 0 Å². The van der Waals surface area contributed by atoms with Crippen LogP contribution in [-0.4, -0.2) is 32.4 Å². The van der Waals surface area contributed by atoms with Gasteiger partial charge in [-0.25, -0.2) is 9.67 Å². The quantitative estimate of drug-likeness (QED) is 0.853. The van der Waals surface area contributed by atoms with Crippen molar-refractivity contribution in [1.82, 2.24) is 14.8 Å². The van der Waals surface area contributed by atoms with Crippen molar-refractivity contribution in [1.29, 1.82) is 0 Å². The van der Waals surface area contributed by atoms with Crippen LogP contribution in [0.1, 0.15) is 43.4 Å². The highest BCUT2D eigenvalue weighted by Crippen LogP contribution is 2.27. The predicted molar refractivity (Wildman–Crippen MR) is 62.0 cm³/mol. The number of ether oxygens (including phenoxy) is 1. The molecule has 1 aromatic heterocycles. The van der Waals surface area contributed by atoms with Gasteiger partial charge in [0, 0.05) is 13.0 Å². The summed E-state index contributed by atoms with van der Waals surface area (Å²) in [6.45, 7) is 1.21. The van der Waals surface area contributed by atoms with Gasteiger partial charge in [-0.1, -0.05) is 0 Å². The van der Waals surface area contributed by atoms with Crippen LogP contribution in [-0.2, 0) is 22.5 Å². The first-order valence-electron chi connectivity index (χ1n) is 6.52. The lowest BCUT2D eigenvalue weighted by Gasteiger charge is -2.19. The highest BCUT2D eigenvalue weighted by Gasteiger charge is 2.28. The maximum absolute atomic E-state index is 11.0. The molecule has 2 aliphatic rings. The molecule has 0 saturated carbocycles. The van der Waals surface area contributed by atoms with Crippen LogP contribution < -0.4 is 0 Å². The third-order valence-corrected chi connectivity index (χ3v) is 3.69. The molecule has 6 heteroatoms. The molecule has 0 aliphatic carbocycles. The summed E-state index contributed by atoms with van der Waals surface area (Å²) in [5.41, 5.74) is 0. The first kappa shape index (κ1) is 11.6. The van der Waals surface area contributed by atoms with Crippen molar-refractivity contribution in [3.8, 4) is 0 Å². The Labute approximate surface area is 105 Å². The Morgan fingerprint density at radius 3 is 3.00 bits per heavy atom. The molecule has 0 radical (unpaired) electrons. The van der Waals surface area contributed by atoms with Crippen molar-refractivity contribution in [2.45, 2.75) is 44.8 Å². The van der Waals surface area contributed by atoms with Gasteiger partial charge < -0.3 is 9.84 Å². The summed E-state index contributed by atoms with van der Waals surface area (Å²) in [7, 11) is 0. The summed E-state index contributed by atoms with van der Waals surface area (Å²) in [4.78, 5) is 15.5. The number of aryl methyl sites for hydroxylation is 1. The van der Waals surface area contributed by atoms with Crippen LogP contribution in [0.15, 0.2) is 0 Å². The Morgan fingerprint density at radius 2 is 2.28 bits per heavy atom. The fourth-order valence-electron chi connectivity index (χ4n) is 2.61. The molecule has 18 heavy (non-hydrogen) atoms. The first-order valence-corrected chi connectivity index (χ1v) is 6.52. The number of hydrogen-bond donors (Lipinski definition) is 1. The lowest BCUT2D eigenvalue weighted by atomic mass is 10.0. The minimum atomic E-state index is -0.744. The second kappa shape index (κ2) is 4.68. The van der Waals surface area contributed by atoms with E-state index >= 15 is 0 Å². The molecule has 2 atom stereocenters. The Bertz CT molecular complexity index is 451. The summed E-state index contributed by atoms with van der Waals surface area (Å²) < 4.78 is 7.41. The molecule has 3 heterocycles. The van der Waals surface area contributed by atoms with Gasteiger partial charge in [-0.05, 0) is 25.7 Å². The summed E-state index contributed by atoms with van der Waals surface area (Å²) in [6.07, 6.45) is 4.55. The van der Waals surface area contributed by atoms with Gasteiger partial charge in [0.05, 0.1) is 12.5 Å². The van der Waals surface area contributed by atoms with E-state index in [0.29, 0.717) is 19.4 Å². The fraction of sp³-hybridized carbons (Fsp3) is 0.750. The molecule has 2 aliphatic heterocycles. The number of fused-ring (bicyclic) bond motifs is 1. The molecule has 1 fully saturated rings. The Kier molecular flexibility index (Phi) is 3.03. The van der Waals surface area contributed by atoms with Crippen LogP contribution >= 0.6 is 0 Å². The van der Waals surface area contributed by atoms with Gasteiger partial charge >= 0.3 is 5.97 Å². The van der Waals surface area contributed by atoms with Gasteiger partial charge in [0.25, 0.3) is 0 Å². The molecular formula is C12H17N3O3. The van der Waals surface area contributed by atoms with Gasteiger partial charge in [0.2, 0.25) is 0 Å². The van der Waals surface area contributed by atoms with E-state index in [1.807, 2.05) is 0 Å². The van der Waals surface area contributed by atoms with E-state index in [0.717, 1.165) is 37.5 Å². The molecule has 0 amide bonds. The third-order valence-electron chi connectivity index (χ3n) is 3.69. The minimum Gasteiger partial charge on any atom is -0.481 e. The highest BCUT2D eigenvalue weighted by atomic mass is 16.5. The zero-order chi connectivity index (χ0) is 12.5. The number of rotatable bonds is 2. The number of carboxylic acid groups (broad SMARTS) is 1. The van der Waals surface area contributed by atoms with Crippen molar-refractivity contribution >= 4 is 5.97 Å². The van der Waals surface area contributed by atoms with Gasteiger partial charge in [-0.2, -0.15) is 5.10 Å². The van der Waals surface area contributed by atoms with E-state index in [2.05, 4.69) is 10.1 Å². The number of carbonyl (C=O) groups is 1. The van der Waals surface area contributed by atoms with Gasteiger partial charge in [0.15, 0.2) is 5.82 Å². The Hall–Kier alpha value is -1.43. The molecule has 1 aromatic rings. The second-order valence-electron chi connectivity index (χ2n) is 5.00. The normalized spacial score (nSPS) is 27.8. The molecule has 2 unspecified atom stereocenters. The second-order valence-corrected chi connectivity index (χ2v) is 5.00. The van der Waals surface area contributed by atoms with E-state index in [9.17, 15) is 4.79 Å². The average molecular weight is 251 g/mol. The molecule has 1 N–H and O–H groups in total.